The Morgan fingerprint density at radius 2 is 1.69 bits per heavy atom. The van der Waals surface area contributed by atoms with Crippen LogP contribution in [0.15, 0.2) is 4.99 Å². The molecule has 29 heavy (non-hydrogen) atoms. The zero-order valence-electron chi connectivity index (χ0n) is 19.0. The normalized spacial score (nSPS) is 16.0. The third-order valence-corrected chi connectivity index (χ3v) is 5.25. The summed E-state index contributed by atoms with van der Waals surface area (Å²) in [5.41, 5.74) is -0.965. The van der Waals surface area contributed by atoms with Crippen LogP contribution in [0.3, 0.4) is 0 Å². The van der Waals surface area contributed by atoms with E-state index < -0.39 is 17.2 Å². The molecule has 170 valence electrons. The van der Waals surface area contributed by atoms with Gasteiger partial charge in [0, 0.05) is 26.7 Å². The summed E-state index contributed by atoms with van der Waals surface area (Å²) in [7, 11) is 3.18. The minimum absolute atomic E-state index is 0. The summed E-state index contributed by atoms with van der Waals surface area (Å²) < 4.78 is 10.3. The number of alkyl carbamates (subject to hydrolysis) is 1. The number of piperidine rings is 1. The summed E-state index contributed by atoms with van der Waals surface area (Å²) in [4.78, 5) is 30.5. The molecule has 0 aromatic carbocycles. The number of nitrogens with zero attached hydrogens (tertiary/aromatic N) is 2. The first-order valence-electron chi connectivity index (χ1n) is 10.1. The fraction of sp³-hybridized carbons (Fsp3) is 0.850. The second kappa shape index (κ2) is 12.4. The lowest BCUT2D eigenvalue weighted by Gasteiger charge is -2.37. The highest BCUT2D eigenvalue weighted by Crippen LogP contribution is 2.20. The Bertz CT molecular complexity index is 551. The third kappa shape index (κ3) is 8.96. The Hall–Kier alpha value is -1.26. The molecule has 0 saturated carbocycles. The van der Waals surface area contributed by atoms with Crippen LogP contribution in [0.2, 0.25) is 0 Å². The van der Waals surface area contributed by atoms with Crippen LogP contribution in [-0.4, -0.2) is 67.9 Å². The number of hydrogen-bond donors (Lipinski definition) is 2. The predicted molar refractivity (Wildman–Crippen MR) is 126 cm³/mol. The number of methoxy groups -OCH3 is 1. The van der Waals surface area contributed by atoms with Crippen LogP contribution in [0, 0.1) is 5.92 Å². The molecule has 9 heteroatoms. The summed E-state index contributed by atoms with van der Waals surface area (Å²) in [5.74, 6) is 0.597. The molecule has 0 radical (unpaired) electrons. The van der Waals surface area contributed by atoms with E-state index in [1.54, 1.807) is 7.05 Å². The summed E-state index contributed by atoms with van der Waals surface area (Å²) in [5, 5.41) is 6.44. The fourth-order valence-electron chi connectivity index (χ4n) is 3.32. The molecule has 1 heterocycles. The highest BCUT2D eigenvalue weighted by molar-refractivity contribution is 14.0. The number of likely N-dealkylation sites (tertiary alicyclic amines) is 1. The van der Waals surface area contributed by atoms with Gasteiger partial charge in [-0.3, -0.25) is 9.79 Å². The minimum Gasteiger partial charge on any atom is -0.469 e. The smallest absolute Gasteiger partial charge is 0.408 e. The van der Waals surface area contributed by atoms with Gasteiger partial charge in [0.25, 0.3) is 0 Å². The number of rotatable bonds is 6. The molecule has 1 amide bonds. The molecule has 2 N–H and O–H groups in total. The van der Waals surface area contributed by atoms with Crippen molar-refractivity contribution in [2.45, 2.75) is 71.4 Å². The van der Waals surface area contributed by atoms with Crippen molar-refractivity contribution in [2.75, 3.05) is 33.8 Å². The molecule has 1 aliphatic heterocycles. The first kappa shape index (κ1) is 27.7. The van der Waals surface area contributed by atoms with Crippen molar-refractivity contribution >= 4 is 42.0 Å². The van der Waals surface area contributed by atoms with Crippen LogP contribution in [0.4, 0.5) is 4.79 Å². The van der Waals surface area contributed by atoms with Crippen molar-refractivity contribution in [1.82, 2.24) is 15.5 Å². The molecule has 8 nitrogen and oxygen atoms in total. The van der Waals surface area contributed by atoms with E-state index in [1.165, 1.54) is 7.11 Å². The molecular weight excluding hydrogens is 487 g/mol. The molecule has 1 fully saturated rings. The molecular formula is C20H39IN4O4. The molecule has 0 atom stereocenters. The second-order valence-electron chi connectivity index (χ2n) is 8.30. The number of amides is 1. The topological polar surface area (TPSA) is 92.3 Å². The fourth-order valence-corrected chi connectivity index (χ4v) is 3.32. The van der Waals surface area contributed by atoms with Crippen molar-refractivity contribution in [3.05, 3.63) is 0 Å². The van der Waals surface area contributed by atoms with Crippen LogP contribution < -0.4 is 10.6 Å². The molecule has 0 aromatic rings. The van der Waals surface area contributed by atoms with Crippen molar-refractivity contribution in [1.29, 1.82) is 0 Å². The number of carbonyl (C=O) groups excluding carboxylic acids is 2. The van der Waals surface area contributed by atoms with E-state index in [2.05, 4.69) is 20.5 Å². The highest BCUT2D eigenvalue weighted by Gasteiger charge is 2.32. The van der Waals surface area contributed by atoms with Crippen LogP contribution in [-0.2, 0) is 14.3 Å². The van der Waals surface area contributed by atoms with E-state index in [0.717, 1.165) is 44.7 Å². The Kier molecular flexibility index (Phi) is 11.9. The lowest BCUT2D eigenvalue weighted by atomic mass is 9.93. The number of aliphatic imine (C=N–C) groups is 1. The standard InChI is InChI=1S/C20H38N4O4.HI/c1-8-20(9-2,23-18(26)28-19(3,4)5)14-22-17(21-6)24-12-10-15(11-13-24)16(25)27-7;/h15H,8-14H2,1-7H3,(H,21,22)(H,23,26);1H. The number of hydrogen-bond acceptors (Lipinski definition) is 5. The van der Waals surface area contributed by atoms with Crippen LogP contribution in [0.5, 0.6) is 0 Å². The summed E-state index contributed by atoms with van der Waals surface area (Å²) in [6, 6.07) is 0. The first-order valence-corrected chi connectivity index (χ1v) is 10.1. The number of carbonyl (C=O) groups is 2. The quantitative estimate of drug-likeness (QED) is 0.239. The van der Waals surface area contributed by atoms with E-state index in [0.29, 0.717) is 6.54 Å². The molecule has 0 aliphatic carbocycles. The van der Waals surface area contributed by atoms with Gasteiger partial charge in [-0.1, -0.05) is 13.8 Å². The van der Waals surface area contributed by atoms with Crippen molar-refractivity contribution in [3.63, 3.8) is 0 Å². The van der Waals surface area contributed by atoms with Crippen molar-refractivity contribution in [3.8, 4) is 0 Å². The second-order valence-corrected chi connectivity index (χ2v) is 8.30. The summed E-state index contributed by atoms with van der Waals surface area (Å²) in [6.07, 6.45) is 2.60. The third-order valence-electron chi connectivity index (χ3n) is 5.25. The lowest BCUT2D eigenvalue weighted by molar-refractivity contribution is -0.146. The van der Waals surface area contributed by atoms with E-state index in [9.17, 15) is 9.59 Å². The average Bonchev–Trinajstić information content (AvgIpc) is 2.65. The van der Waals surface area contributed by atoms with Gasteiger partial charge in [-0.2, -0.15) is 0 Å². The number of halogens is 1. The van der Waals surface area contributed by atoms with Gasteiger partial charge in [0.05, 0.1) is 18.6 Å². The Labute approximate surface area is 192 Å². The Balaban J connectivity index is 0.00000784. The maximum atomic E-state index is 12.3. The lowest BCUT2D eigenvalue weighted by Crippen LogP contribution is -2.58. The molecule has 1 aliphatic rings. The van der Waals surface area contributed by atoms with Gasteiger partial charge in [-0.15, -0.1) is 24.0 Å². The first-order chi connectivity index (χ1) is 13.1. The number of guanidine groups is 1. The van der Waals surface area contributed by atoms with Gasteiger partial charge in [0.2, 0.25) is 0 Å². The minimum atomic E-state index is -0.537. The predicted octanol–water partition coefficient (Wildman–Crippen LogP) is 3.15. The Morgan fingerprint density at radius 3 is 2.10 bits per heavy atom. The average molecular weight is 526 g/mol. The molecule has 0 spiro atoms. The van der Waals surface area contributed by atoms with Gasteiger partial charge < -0.3 is 25.0 Å². The Morgan fingerprint density at radius 1 is 1.14 bits per heavy atom. The maximum Gasteiger partial charge on any atom is 0.408 e. The molecule has 0 bridgehead atoms. The summed E-state index contributed by atoms with van der Waals surface area (Å²) in [6.45, 7) is 11.7. The van der Waals surface area contributed by atoms with Crippen LogP contribution in [0.1, 0.15) is 60.3 Å². The monoisotopic (exact) mass is 526 g/mol. The molecule has 0 aromatic heterocycles. The summed E-state index contributed by atoms with van der Waals surface area (Å²) >= 11 is 0. The SMILES string of the molecule is CCC(CC)(CNC(=NC)N1CCC(C(=O)OC)CC1)NC(=O)OC(C)(C)C.I. The van der Waals surface area contributed by atoms with Crippen LogP contribution >= 0.6 is 24.0 Å². The molecule has 1 rings (SSSR count). The number of ether oxygens (including phenoxy) is 2. The number of nitrogens with one attached hydrogen (secondary N) is 2. The van der Waals surface area contributed by atoms with E-state index in [1.807, 2.05) is 34.6 Å². The van der Waals surface area contributed by atoms with Gasteiger partial charge >= 0.3 is 12.1 Å². The van der Waals surface area contributed by atoms with Crippen LogP contribution in [0.25, 0.3) is 0 Å². The molecule has 0 unspecified atom stereocenters. The number of esters is 1. The molecule has 1 saturated heterocycles. The van der Waals surface area contributed by atoms with Gasteiger partial charge in [0.15, 0.2) is 5.96 Å². The van der Waals surface area contributed by atoms with Crippen molar-refractivity contribution in [2.24, 2.45) is 10.9 Å². The van der Waals surface area contributed by atoms with Crippen molar-refractivity contribution < 1.29 is 19.1 Å². The van der Waals surface area contributed by atoms with E-state index in [-0.39, 0.29) is 35.9 Å². The zero-order chi connectivity index (χ0) is 21.4. The highest BCUT2D eigenvalue weighted by atomic mass is 127. The maximum absolute atomic E-state index is 12.3. The largest absolute Gasteiger partial charge is 0.469 e. The van der Waals surface area contributed by atoms with Gasteiger partial charge in [0.1, 0.15) is 5.60 Å². The van der Waals surface area contributed by atoms with Gasteiger partial charge in [-0.05, 0) is 46.5 Å². The van der Waals surface area contributed by atoms with E-state index in [4.69, 9.17) is 9.47 Å². The zero-order valence-corrected chi connectivity index (χ0v) is 21.3. The van der Waals surface area contributed by atoms with Gasteiger partial charge in [-0.25, -0.2) is 4.79 Å². The van der Waals surface area contributed by atoms with E-state index >= 15 is 0 Å².